The van der Waals surface area contributed by atoms with Crippen LogP contribution in [-0.2, 0) is 9.47 Å². The molecule has 1 saturated heterocycles. The van der Waals surface area contributed by atoms with Crippen LogP contribution in [0.2, 0.25) is 0 Å². The fourth-order valence-electron chi connectivity index (χ4n) is 2.60. The van der Waals surface area contributed by atoms with Crippen LogP contribution in [0, 0.1) is 6.92 Å². The fourth-order valence-corrected chi connectivity index (χ4v) is 2.60. The van der Waals surface area contributed by atoms with Gasteiger partial charge in [0.1, 0.15) is 0 Å². The number of ether oxygens (including phenoxy) is 2. The molecule has 18 heavy (non-hydrogen) atoms. The van der Waals surface area contributed by atoms with E-state index in [1.165, 1.54) is 0 Å². The molecule has 1 aromatic heterocycles. The Labute approximate surface area is 108 Å². The number of hydrogen-bond donors (Lipinski definition) is 1. The van der Waals surface area contributed by atoms with Gasteiger partial charge in [0.15, 0.2) is 0 Å². The van der Waals surface area contributed by atoms with Crippen LogP contribution in [0.3, 0.4) is 0 Å². The molecule has 0 aliphatic carbocycles. The Bertz CT molecular complexity index is 384. The zero-order valence-electron chi connectivity index (χ0n) is 11.2. The maximum Gasteiger partial charge on any atom is 0.0918 e. The Hall–Kier alpha value is -0.970. The van der Waals surface area contributed by atoms with Crippen molar-refractivity contribution in [3.8, 4) is 0 Å². The van der Waals surface area contributed by atoms with Crippen LogP contribution in [0.25, 0.3) is 0 Å². The molecule has 1 aromatic rings. The molecule has 2 rings (SSSR count). The van der Waals surface area contributed by atoms with E-state index in [2.05, 4.69) is 11.1 Å². The highest BCUT2D eigenvalue weighted by Gasteiger charge is 2.40. The number of aryl methyl sites for hydroxylation is 1. The Kier molecular flexibility index (Phi) is 4.32. The maximum atomic E-state index is 6.44. The molecule has 1 atom stereocenters. The average Bonchev–Trinajstić information content (AvgIpc) is 2.39. The molecule has 100 valence electrons. The van der Waals surface area contributed by atoms with Crippen molar-refractivity contribution in [1.82, 2.24) is 4.98 Å². The lowest BCUT2D eigenvalue weighted by Crippen LogP contribution is -2.48. The summed E-state index contributed by atoms with van der Waals surface area (Å²) in [5.41, 5.74) is 8.31. The summed E-state index contributed by atoms with van der Waals surface area (Å²) in [6.07, 6.45) is 5.37. The first-order valence-corrected chi connectivity index (χ1v) is 6.57. The van der Waals surface area contributed by atoms with Gasteiger partial charge in [-0.25, -0.2) is 0 Å². The van der Waals surface area contributed by atoms with Crippen molar-refractivity contribution in [3.63, 3.8) is 0 Å². The zero-order chi connectivity index (χ0) is 13.0. The summed E-state index contributed by atoms with van der Waals surface area (Å²) < 4.78 is 11.4. The molecule has 0 aromatic carbocycles. The molecule has 4 nitrogen and oxygen atoms in total. The number of hydrogen-bond acceptors (Lipinski definition) is 4. The number of rotatable bonds is 4. The van der Waals surface area contributed by atoms with Crippen molar-refractivity contribution in [2.24, 2.45) is 5.73 Å². The van der Waals surface area contributed by atoms with E-state index < -0.39 is 0 Å². The average molecular weight is 250 g/mol. The van der Waals surface area contributed by atoms with Gasteiger partial charge in [-0.05, 0) is 25.0 Å². The maximum absolute atomic E-state index is 6.44. The minimum absolute atomic E-state index is 0.145. The highest BCUT2D eigenvalue weighted by Crippen LogP contribution is 2.36. The highest BCUT2D eigenvalue weighted by atomic mass is 16.5. The third kappa shape index (κ3) is 2.71. The summed E-state index contributed by atoms with van der Waals surface area (Å²) in [5, 5.41) is 0. The summed E-state index contributed by atoms with van der Waals surface area (Å²) in [4.78, 5) is 4.22. The first-order valence-electron chi connectivity index (χ1n) is 6.57. The van der Waals surface area contributed by atoms with E-state index in [9.17, 15) is 0 Å². The van der Waals surface area contributed by atoms with Crippen molar-refractivity contribution in [2.45, 2.75) is 38.3 Å². The molecular formula is C14H22N2O2. The number of aromatic nitrogens is 1. The smallest absolute Gasteiger partial charge is 0.0918 e. The van der Waals surface area contributed by atoms with Crippen LogP contribution in [0.1, 0.15) is 36.9 Å². The minimum atomic E-state index is -0.303. The molecule has 2 N–H and O–H groups in total. The standard InChI is InChI=1S/C14H22N2O2/c1-3-18-14(4-6-17-7-5-14)13(15)12-8-11(2)9-16-10-12/h8-10,13H,3-7,15H2,1-2H3. The Morgan fingerprint density at radius 3 is 2.78 bits per heavy atom. The fraction of sp³-hybridized carbons (Fsp3) is 0.643. The van der Waals surface area contributed by atoms with Crippen molar-refractivity contribution in [1.29, 1.82) is 0 Å². The second-order valence-electron chi connectivity index (χ2n) is 4.88. The monoisotopic (exact) mass is 250 g/mol. The van der Waals surface area contributed by atoms with Gasteiger partial charge in [0.2, 0.25) is 0 Å². The molecule has 1 fully saturated rings. The predicted molar refractivity (Wildman–Crippen MR) is 70.3 cm³/mol. The topological polar surface area (TPSA) is 57.4 Å². The largest absolute Gasteiger partial charge is 0.381 e. The number of nitrogens with two attached hydrogens (primary N) is 1. The van der Waals surface area contributed by atoms with Crippen LogP contribution >= 0.6 is 0 Å². The Balaban J connectivity index is 2.24. The zero-order valence-corrected chi connectivity index (χ0v) is 11.2. The Morgan fingerprint density at radius 1 is 1.44 bits per heavy atom. The van der Waals surface area contributed by atoms with Gasteiger partial charge in [-0.1, -0.05) is 6.07 Å². The van der Waals surface area contributed by atoms with E-state index in [1.54, 1.807) is 0 Å². The second-order valence-corrected chi connectivity index (χ2v) is 4.88. The third-order valence-electron chi connectivity index (χ3n) is 3.59. The molecule has 4 heteroatoms. The van der Waals surface area contributed by atoms with Gasteiger partial charge in [0.05, 0.1) is 11.6 Å². The normalized spacial score (nSPS) is 20.6. The molecule has 2 heterocycles. The van der Waals surface area contributed by atoms with E-state index in [4.69, 9.17) is 15.2 Å². The van der Waals surface area contributed by atoms with Gasteiger partial charge in [-0.3, -0.25) is 4.98 Å². The minimum Gasteiger partial charge on any atom is -0.381 e. The van der Waals surface area contributed by atoms with Crippen LogP contribution in [-0.4, -0.2) is 30.4 Å². The van der Waals surface area contributed by atoms with Gasteiger partial charge in [-0.15, -0.1) is 0 Å². The van der Waals surface area contributed by atoms with Gasteiger partial charge in [0.25, 0.3) is 0 Å². The molecule has 0 saturated carbocycles. The van der Waals surface area contributed by atoms with Crippen molar-refractivity contribution in [3.05, 3.63) is 29.6 Å². The lowest BCUT2D eigenvalue weighted by molar-refractivity contribution is -0.121. The number of nitrogens with zero attached hydrogens (tertiary/aromatic N) is 1. The first-order chi connectivity index (χ1) is 8.68. The molecule has 0 radical (unpaired) electrons. The van der Waals surface area contributed by atoms with Crippen LogP contribution in [0.4, 0.5) is 0 Å². The van der Waals surface area contributed by atoms with Gasteiger partial charge >= 0.3 is 0 Å². The van der Waals surface area contributed by atoms with E-state index in [0.717, 1.165) is 24.0 Å². The van der Waals surface area contributed by atoms with Gasteiger partial charge < -0.3 is 15.2 Å². The van der Waals surface area contributed by atoms with E-state index >= 15 is 0 Å². The quantitative estimate of drug-likeness (QED) is 0.887. The molecule has 0 amide bonds. The molecule has 0 bridgehead atoms. The molecular weight excluding hydrogens is 228 g/mol. The molecule has 0 spiro atoms. The first kappa shape index (κ1) is 13.5. The van der Waals surface area contributed by atoms with Crippen LogP contribution < -0.4 is 5.73 Å². The summed E-state index contributed by atoms with van der Waals surface area (Å²) in [7, 11) is 0. The molecule has 1 aliphatic heterocycles. The van der Waals surface area contributed by atoms with Gasteiger partial charge in [0, 0.05) is 45.1 Å². The number of pyridine rings is 1. The molecule has 1 aliphatic rings. The lowest BCUT2D eigenvalue weighted by atomic mass is 9.83. The van der Waals surface area contributed by atoms with Crippen LogP contribution in [0.5, 0.6) is 0 Å². The van der Waals surface area contributed by atoms with Crippen molar-refractivity contribution >= 4 is 0 Å². The van der Waals surface area contributed by atoms with E-state index in [1.807, 2.05) is 26.2 Å². The third-order valence-corrected chi connectivity index (χ3v) is 3.59. The summed E-state index contributed by atoms with van der Waals surface area (Å²) in [6, 6.07) is 1.95. The van der Waals surface area contributed by atoms with E-state index in [-0.39, 0.29) is 11.6 Å². The van der Waals surface area contributed by atoms with E-state index in [0.29, 0.717) is 19.8 Å². The summed E-state index contributed by atoms with van der Waals surface area (Å²) in [5.74, 6) is 0. The van der Waals surface area contributed by atoms with Crippen molar-refractivity contribution < 1.29 is 9.47 Å². The molecule has 1 unspecified atom stereocenters. The second kappa shape index (κ2) is 5.78. The lowest BCUT2D eigenvalue weighted by Gasteiger charge is -2.41. The predicted octanol–water partition coefficient (Wildman–Crippen LogP) is 1.98. The highest BCUT2D eigenvalue weighted by molar-refractivity contribution is 5.23. The Morgan fingerprint density at radius 2 is 2.17 bits per heavy atom. The van der Waals surface area contributed by atoms with Crippen LogP contribution in [0.15, 0.2) is 18.5 Å². The SMILES string of the molecule is CCOC1(C(N)c2cncc(C)c2)CCOCC1. The van der Waals surface area contributed by atoms with Gasteiger partial charge in [-0.2, -0.15) is 0 Å². The summed E-state index contributed by atoms with van der Waals surface area (Å²) in [6.45, 7) is 6.14. The summed E-state index contributed by atoms with van der Waals surface area (Å²) >= 11 is 0. The van der Waals surface area contributed by atoms with Crippen molar-refractivity contribution in [2.75, 3.05) is 19.8 Å².